The van der Waals surface area contributed by atoms with E-state index in [0.717, 1.165) is 42.5 Å². The molecular weight excluding hydrogens is 354 g/mol. The molecule has 0 heterocycles. The summed E-state index contributed by atoms with van der Waals surface area (Å²) in [5.74, 6) is 0.350. The van der Waals surface area contributed by atoms with E-state index in [1.165, 1.54) is 44.2 Å². The second-order valence-corrected chi connectivity index (χ2v) is 6.93. The van der Waals surface area contributed by atoms with Crippen molar-refractivity contribution in [2.75, 3.05) is 12.5 Å². The van der Waals surface area contributed by atoms with Crippen molar-refractivity contribution in [3.05, 3.63) is 54.1 Å². The second kappa shape index (κ2) is 11.9. The van der Waals surface area contributed by atoms with Crippen LogP contribution < -0.4 is 4.74 Å². The Balaban J connectivity index is 1.69. The van der Waals surface area contributed by atoms with Gasteiger partial charge in [0.25, 0.3) is 0 Å². The van der Waals surface area contributed by atoms with E-state index in [-0.39, 0.29) is 0 Å². The molecule has 0 amide bonds. The van der Waals surface area contributed by atoms with Gasteiger partial charge in [0.15, 0.2) is 0 Å². The third-order valence-electron chi connectivity index (χ3n) is 4.33. The fraction of sp³-hybridized carbons (Fsp3) is 0.455. The van der Waals surface area contributed by atoms with Gasteiger partial charge < -0.3 is 4.74 Å². The summed E-state index contributed by atoms with van der Waals surface area (Å²) in [6.45, 7) is 0.660. The molecule has 0 aliphatic heterocycles. The van der Waals surface area contributed by atoms with Crippen LogP contribution in [-0.4, -0.2) is 12.5 Å². The predicted octanol–water partition coefficient (Wildman–Crippen LogP) is 7.37. The van der Waals surface area contributed by atoms with Crippen LogP contribution in [0.2, 0.25) is 0 Å². The fourth-order valence-electron chi connectivity index (χ4n) is 2.93. The number of alkyl halides is 1. The first-order valence-corrected chi connectivity index (χ1v) is 9.98. The smallest absolute Gasteiger partial charge is 0.126 e. The zero-order chi connectivity index (χ0) is 18.6. The molecule has 0 unspecified atom stereocenters. The first-order valence-electron chi connectivity index (χ1n) is 9.44. The maximum atomic E-state index is 13.4. The van der Waals surface area contributed by atoms with Gasteiger partial charge in [-0.05, 0) is 48.2 Å². The van der Waals surface area contributed by atoms with E-state index in [1.54, 1.807) is 0 Å². The molecule has 0 aliphatic rings. The molecule has 0 aliphatic carbocycles. The van der Waals surface area contributed by atoms with Crippen molar-refractivity contribution in [1.82, 2.24) is 0 Å². The van der Waals surface area contributed by atoms with E-state index in [9.17, 15) is 8.78 Å². The quantitative estimate of drug-likeness (QED) is 0.276. The van der Waals surface area contributed by atoms with Gasteiger partial charge in [-0.1, -0.05) is 50.7 Å². The molecule has 0 bridgehead atoms. The lowest BCUT2D eigenvalue weighted by Crippen LogP contribution is -1.97. The van der Waals surface area contributed by atoms with Gasteiger partial charge in [0.2, 0.25) is 0 Å². The minimum atomic E-state index is -0.575. The highest BCUT2D eigenvalue weighted by atomic mass is 35.5. The third-order valence-corrected chi connectivity index (χ3v) is 4.59. The van der Waals surface area contributed by atoms with Crippen LogP contribution in [0, 0.1) is 11.6 Å². The Hall–Kier alpha value is -1.61. The van der Waals surface area contributed by atoms with Crippen molar-refractivity contribution < 1.29 is 13.5 Å². The summed E-state index contributed by atoms with van der Waals surface area (Å²) in [5, 5.41) is 0. The summed E-state index contributed by atoms with van der Waals surface area (Å²) in [7, 11) is 0. The Kier molecular flexibility index (Phi) is 9.47. The third kappa shape index (κ3) is 7.74. The average molecular weight is 381 g/mol. The molecule has 0 spiro atoms. The SMILES string of the molecule is Fc1cc(F)cc(-c2cccc(OCCCCCCCCCCCl)c2)c1. The summed E-state index contributed by atoms with van der Waals surface area (Å²) in [5.41, 5.74) is 1.26. The molecule has 0 atom stereocenters. The maximum absolute atomic E-state index is 13.4. The largest absolute Gasteiger partial charge is 0.494 e. The van der Waals surface area contributed by atoms with Gasteiger partial charge >= 0.3 is 0 Å². The Morgan fingerprint density at radius 2 is 1.31 bits per heavy atom. The van der Waals surface area contributed by atoms with E-state index >= 15 is 0 Å². The Morgan fingerprint density at radius 1 is 0.692 bits per heavy atom. The first kappa shape index (κ1) is 20.7. The van der Waals surface area contributed by atoms with Crippen LogP contribution in [0.3, 0.4) is 0 Å². The van der Waals surface area contributed by atoms with Crippen molar-refractivity contribution in [1.29, 1.82) is 0 Å². The highest BCUT2D eigenvalue weighted by molar-refractivity contribution is 6.17. The van der Waals surface area contributed by atoms with Gasteiger partial charge in [0.05, 0.1) is 6.61 Å². The number of hydrogen-bond donors (Lipinski definition) is 0. The van der Waals surface area contributed by atoms with Gasteiger partial charge in [-0.25, -0.2) is 8.78 Å². The predicted molar refractivity (Wildman–Crippen MR) is 105 cm³/mol. The molecule has 1 nitrogen and oxygen atoms in total. The van der Waals surface area contributed by atoms with Gasteiger partial charge in [-0.15, -0.1) is 11.6 Å². The van der Waals surface area contributed by atoms with Gasteiger partial charge in [-0.3, -0.25) is 0 Å². The van der Waals surface area contributed by atoms with Crippen LogP contribution in [0.25, 0.3) is 11.1 Å². The lowest BCUT2D eigenvalue weighted by Gasteiger charge is -2.09. The highest BCUT2D eigenvalue weighted by Gasteiger charge is 2.04. The highest BCUT2D eigenvalue weighted by Crippen LogP contribution is 2.25. The van der Waals surface area contributed by atoms with Crippen molar-refractivity contribution >= 4 is 11.6 Å². The van der Waals surface area contributed by atoms with E-state index < -0.39 is 11.6 Å². The molecule has 4 heteroatoms. The number of hydrogen-bond acceptors (Lipinski definition) is 1. The summed E-state index contributed by atoms with van der Waals surface area (Å²) in [4.78, 5) is 0. The molecule has 0 fully saturated rings. The van der Waals surface area contributed by atoms with E-state index in [4.69, 9.17) is 16.3 Å². The molecule has 2 rings (SSSR count). The van der Waals surface area contributed by atoms with Gasteiger partial charge in [0.1, 0.15) is 17.4 Å². The average Bonchev–Trinajstić information content (AvgIpc) is 2.63. The normalized spacial score (nSPS) is 10.9. The molecule has 26 heavy (non-hydrogen) atoms. The number of unbranched alkanes of at least 4 members (excludes halogenated alkanes) is 7. The number of rotatable bonds is 12. The molecule has 142 valence electrons. The van der Waals surface area contributed by atoms with Gasteiger partial charge in [-0.2, -0.15) is 0 Å². The second-order valence-electron chi connectivity index (χ2n) is 6.55. The lowest BCUT2D eigenvalue weighted by molar-refractivity contribution is 0.304. The number of benzene rings is 2. The summed E-state index contributed by atoms with van der Waals surface area (Å²) >= 11 is 5.66. The summed E-state index contributed by atoms with van der Waals surface area (Å²) in [6, 6.07) is 10.9. The van der Waals surface area contributed by atoms with Crippen LogP contribution in [0.4, 0.5) is 8.78 Å². The summed E-state index contributed by atoms with van der Waals surface area (Å²) < 4.78 is 32.5. The standard InChI is InChI=1S/C22H27ClF2O/c23-12-7-5-3-1-2-4-6-8-13-26-22-11-9-10-18(16-22)19-14-20(24)17-21(25)15-19/h9-11,14-17H,1-8,12-13H2. The first-order chi connectivity index (χ1) is 12.7. The Morgan fingerprint density at radius 3 is 1.96 bits per heavy atom. The van der Waals surface area contributed by atoms with E-state index in [2.05, 4.69) is 0 Å². The Labute approximate surface area is 160 Å². The van der Waals surface area contributed by atoms with E-state index in [1.807, 2.05) is 24.3 Å². The molecule has 2 aromatic rings. The van der Waals surface area contributed by atoms with E-state index in [0.29, 0.717) is 12.2 Å². The van der Waals surface area contributed by atoms with Crippen LogP contribution in [0.5, 0.6) is 5.75 Å². The molecule has 0 saturated heterocycles. The number of ether oxygens (including phenoxy) is 1. The monoisotopic (exact) mass is 380 g/mol. The van der Waals surface area contributed by atoms with Crippen LogP contribution in [0.1, 0.15) is 51.4 Å². The molecule has 2 aromatic carbocycles. The summed E-state index contributed by atoms with van der Waals surface area (Å²) in [6.07, 6.45) is 9.58. The molecule has 0 radical (unpaired) electrons. The Bertz CT molecular complexity index is 640. The fourth-order valence-corrected chi connectivity index (χ4v) is 3.12. The minimum absolute atomic E-state index is 0.516. The topological polar surface area (TPSA) is 9.23 Å². The van der Waals surface area contributed by atoms with Gasteiger partial charge in [0, 0.05) is 11.9 Å². The van der Waals surface area contributed by atoms with Crippen molar-refractivity contribution in [3.63, 3.8) is 0 Å². The minimum Gasteiger partial charge on any atom is -0.494 e. The maximum Gasteiger partial charge on any atom is 0.126 e. The lowest BCUT2D eigenvalue weighted by atomic mass is 10.1. The molecule has 0 N–H and O–H groups in total. The zero-order valence-electron chi connectivity index (χ0n) is 15.2. The van der Waals surface area contributed by atoms with Crippen LogP contribution in [-0.2, 0) is 0 Å². The van der Waals surface area contributed by atoms with Crippen molar-refractivity contribution in [3.8, 4) is 16.9 Å². The zero-order valence-corrected chi connectivity index (χ0v) is 15.9. The van der Waals surface area contributed by atoms with Crippen molar-refractivity contribution in [2.24, 2.45) is 0 Å². The molecule has 0 saturated carbocycles. The van der Waals surface area contributed by atoms with Crippen LogP contribution in [0.15, 0.2) is 42.5 Å². The van der Waals surface area contributed by atoms with Crippen LogP contribution >= 0.6 is 11.6 Å². The molecular formula is C22H27ClF2O. The van der Waals surface area contributed by atoms with Crippen molar-refractivity contribution in [2.45, 2.75) is 51.4 Å². The molecule has 0 aromatic heterocycles. The number of halogens is 3.